The SMILES string of the molecule is C1CNCCN1.CN(C)P(=O)(N(C)C)N(C)C. The van der Waals surface area contributed by atoms with E-state index < -0.39 is 7.59 Å². The van der Waals surface area contributed by atoms with E-state index in [1.165, 1.54) is 0 Å². The van der Waals surface area contributed by atoms with E-state index in [-0.39, 0.29) is 0 Å². The number of nitrogens with zero attached hydrogens (tertiary/aromatic N) is 3. The maximum atomic E-state index is 12.1. The first-order valence-corrected chi connectivity index (χ1v) is 7.45. The quantitative estimate of drug-likeness (QED) is 0.698. The van der Waals surface area contributed by atoms with Crippen LogP contribution in [0.4, 0.5) is 0 Å². The summed E-state index contributed by atoms with van der Waals surface area (Å²) in [5, 5.41) is 6.44. The Hall–Kier alpha value is 0.0300. The van der Waals surface area contributed by atoms with Gasteiger partial charge >= 0.3 is 0 Å². The molecule has 1 fully saturated rings. The van der Waals surface area contributed by atoms with Gasteiger partial charge in [0.25, 0.3) is 7.59 Å². The average molecular weight is 265 g/mol. The number of piperazine rings is 1. The average Bonchev–Trinajstić information content (AvgIpc) is 2.30. The monoisotopic (exact) mass is 265 g/mol. The van der Waals surface area contributed by atoms with Gasteiger partial charge in [-0.05, 0) is 42.3 Å². The van der Waals surface area contributed by atoms with Crippen LogP contribution in [0.1, 0.15) is 0 Å². The van der Waals surface area contributed by atoms with Gasteiger partial charge in [-0.3, -0.25) is 4.57 Å². The summed E-state index contributed by atoms with van der Waals surface area (Å²) in [6, 6.07) is 0. The third-order valence-corrected chi connectivity index (χ3v) is 5.65. The molecule has 104 valence electrons. The van der Waals surface area contributed by atoms with E-state index in [2.05, 4.69) is 10.6 Å². The molecule has 17 heavy (non-hydrogen) atoms. The van der Waals surface area contributed by atoms with E-state index in [9.17, 15) is 4.57 Å². The minimum atomic E-state index is -2.44. The Morgan fingerprint density at radius 3 is 1.00 bits per heavy atom. The highest BCUT2D eigenvalue weighted by Crippen LogP contribution is 2.50. The van der Waals surface area contributed by atoms with Crippen molar-refractivity contribution in [1.82, 2.24) is 24.6 Å². The summed E-state index contributed by atoms with van der Waals surface area (Å²) in [6.07, 6.45) is 0. The Morgan fingerprint density at radius 2 is 0.941 bits per heavy atom. The lowest BCUT2D eigenvalue weighted by molar-refractivity contribution is 0.383. The van der Waals surface area contributed by atoms with Gasteiger partial charge in [-0.25, -0.2) is 14.0 Å². The fraction of sp³-hybridized carbons (Fsp3) is 1.00. The smallest absolute Gasteiger partial charge is 0.285 e. The molecule has 0 aliphatic carbocycles. The lowest BCUT2D eigenvalue weighted by Crippen LogP contribution is -2.39. The number of rotatable bonds is 3. The summed E-state index contributed by atoms with van der Waals surface area (Å²) in [5.41, 5.74) is 0. The van der Waals surface area contributed by atoms with Gasteiger partial charge in [0.2, 0.25) is 0 Å². The second kappa shape index (κ2) is 8.19. The number of hydrogen-bond donors (Lipinski definition) is 2. The van der Waals surface area contributed by atoms with Crippen molar-refractivity contribution in [3.8, 4) is 0 Å². The predicted molar refractivity (Wildman–Crippen MR) is 74.4 cm³/mol. The van der Waals surface area contributed by atoms with Gasteiger partial charge in [-0.15, -0.1) is 0 Å². The second-order valence-electron chi connectivity index (χ2n) is 4.55. The van der Waals surface area contributed by atoms with Crippen LogP contribution in [0.2, 0.25) is 0 Å². The molecule has 1 aliphatic rings. The van der Waals surface area contributed by atoms with Gasteiger partial charge < -0.3 is 10.6 Å². The Balaban J connectivity index is 0.000000354. The predicted octanol–water partition coefficient (Wildman–Crippen LogP) is -0.0415. The normalized spacial score (nSPS) is 17.2. The molecule has 0 bridgehead atoms. The third-order valence-electron chi connectivity index (χ3n) is 2.52. The van der Waals surface area contributed by atoms with Crippen LogP contribution in [-0.4, -0.2) is 82.5 Å². The van der Waals surface area contributed by atoms with Gasteiger partial charge in [-0.2, -0.15) is 0 Å². The van der Waals surface area contributed by atoms with Crippen LogP contribution in [-0.2, 0) is 4.57 Å². The molecule has 1 rings (SSSR count). The molecule has 2 N–H and O–H groups in total. The zero-order valence-corrected chi connectivity index (χ0v) is 12.9. The van der Waals surface area contributed by atoms with Crippen LogP contribution in [0.5, 0.6) is 0 Å². The minimum Gasteiger partial charge on any atom is -0.314 e. The van der Waals surface area contributed by atoms with Crippen molar-refractivity contribution in [2.75, 3.05) is 68.5 Å². The van der Waals surface area contributed by atoms with Gasteiger partial charge in [0.05, 0.1) is 0 Å². The summed E-state index contributed by atoms with van der Waals surface area (Å²) < 4.78 is 17.3. The highest BCUT2D eigenvalue weighted by molar-refractivity contribution is 7.56. The molecule has 0 unspecified atom stereocenters. The van der Waals surface area contributed by atoms with E-state index in [1.807, 2.05) is 42.3 Å². The molecule has 0 aromatic rings. The number of hydrogen-bond acceptors (Lipinski definition) is 3. The molecule has 1 saturated heterocycles. The topological polar surface area (TPSA) is 50.9 Å². The molecule has 0 spiro atoms. The first kappa shape index (κ1) is 17.0. The van der Waals surface area contributed by atoms with E-state index >= 15 is 0 Å². The maximum absolute atomic E-state index is 12.1. The largest absolute Gasteiger partial charge is 0.314 e. The first-order valence-electron chi connectivity index (χ1n) is 5.88. The van der Waals surface area contributed by atoms with Crippen molar-refractivity contribution in [2.24, 2.45) is 0 Å². The van der Waals surface area contributed by atoms with Gasteiger partial charge in [0, 0.05) is 26.2 Å². The van der Waals surface area contributed by atoms with Crippen molar-refractivity contribution in [1.29, 1.82) is 0 Å². The van der Waals surface area contributed by atoms with E-state index in [0.29, 0.717) is 0 Å². The minimum absolute atomic E-state index is 1.14. The highest BCUT2D eigenvalue weighted by Gasteiger charge is 2.30. The summed E-state index contributed by atoms with van der Waals surface area (Å²) >= 11 is 0. The molecule has 0 radical (unpaired) electrons. The van der Waals surface area contributed by atoms with E-state index in [1.54, 1.807) is 14.0 Å². The van der Waals surface area contributed by atoms with Crippen molar-refractivity contribution < 1.29 is 4.57 Å². The van der Waals surface area contributed by atoms with Gasteiger partial charge in [0.15, 0.2) is 0 Å². The molecule has 6 nitrogen and oxygen atoms in total. The molecular weight excluding hydrogens is 237 g/mol. The molecule has 1 aliphatic heterocycles. The van der Waals surface area contributed by atoms with Crippen LogP contribution in [0, 0.1) is 0 Å². The number of nitrogens with one attached hydrogen (secondary N) is 2. The third kappa shape index (κ3) is 5.46. The zero-order valence-electron chi connectivity index (χ0n) is 12.0. The Morgan fingerprint density at radius 1 is 0.706 bits per heavy atom. The van der Waals surface area contributed by atoms with Crippen LogP contribution < -0.4 is 10.6 Å². The lowest BCUT2D eigenvalue weighted by atomic mass is 10.4. The molecular formula is C10H28N5OP. The van der Waals surface area contributed by atoms with Gasteiger partial charge in [0.1, 0.15) is 0 Å². The first-order chi connectivity index (χ1) is 7.83. The summed E-state index contributed by atoms with van der Waals surface area (Å²) in [5.74, 6) is 0. The van der Waals surface area contributed by atoms with E-state index in [4.69, 9.17) is 0 Å². The Labute approximate surface area is 106 Å². The highest BCUT2D eigenvalue weighted by atomic mass is 31.2. The molecule has 0 atom stereocenters. The summed E-state index contributed by atoms with van der Waals surface area (Å²) in [4.78, 5) is 0. The summed E-state index contributed by atoms with van der Waals surface area (Å²) in [6.45, 7) is 4.56. The standard InChI is InChI=1S/C6H18N3OP.C4H10N2/c1-7(2)11(10,8(3)4)9(5)6;1-2-6-4-3-5-1/h1-6H3;5-6H,1-4H2. The van der Waals surface area contributed by atoms with Crippen molar-refractivity contribution >= 4 is 7.59 Å². The molecule has 0 aromatic carbocycles. The molecule has 0 aromatic heterocycles. The van der Waals surface area contributed by atoms with Gasteiger partial charge in [-0.1, -0.05) is 0 Å². The fourth-order valence-corrected chi connectivity index (χ4v) is 3.82. The van der Waals surface area contributed by atoms with Crippen molar-refractivity contribution in [3.05, 3.63) is 0 Å². The molecule has 0 saturated carbocycles. The molecule has 0 amide bonds. The van der Waals surface area contributed by atoms with Crippen LogP contribution >= 0.6 is 7.59 Å². The Bertz CT molecular complexity index is 201. The lowest BCUT2D eigenvalue weighted by Gasteiger charge is -2.34. The zero-order chi connectivity index (χ0) is 13.5. The van der Waals surface area contributed by atoms with Crippen LogP contribution in [0.25, 0.3) is 0 Å². The molecule has 1 heterocycles. The van der Waals surface area contributed by atoms with Crippen molar-refractivity contribution in [2.45, 2.75) is 0 Å². The molecule has 7 heteroatoms. The van der Waals surface area contributed by atoms with E-state index in [0.717, 1.165) is 26.2 Å². The van der Waals surface area contributed by atoms with Crippen LogP contribution in [0.15, 0.2) is 0 Å². The van der Waals surface area contributed by atoms with Crippen LogP contribution in [0.3, 0.4) is 0 Å². The Kier molecular flexibility index (Phi) is 8.20. The maximum Gasteiger partial charge on any atom is 0.285 e. The summed E-state index contributed by atoms with van der Waals surface area (Å²) in [7, 11) is 8.49. The fourth-order valence-electron chi connectivity index (χ4n) is 1.68. The van der Waals surface area contributed by atoms with Crippen molar-refractivity contribution in [3.63, 3.8) is 0 Å². The second-order valence-corrected chi connectivity index (χ2v) is 7.98.